The first-order valence-corrected chi connectivity index (χ1v) is 8.25. The molecule has 7 heteroatoms. The zero-order valence-electron chi connectivity index (χ0n) is 13.6. The smallest absolute Gasteiger partial charge is 0.191 e. The number of rotatable bonds is 6. The van der Waals surface area contributed by atoms with Crippen LogP contribution in [0.1, 0.15) is 37.5 Å². The normalized spacial score (nSPS) is 15.4. The van der Waals surface area contributed by atoms with Crippen LogP contribution in [0.4, 0.5) is 0 Å². The van der Waals surface area contributed by atoms with E-state index in [9.17, 15) is 5.11 Å². The summed E-state index contributed by atoms with van der Waals surface area (Å²) >= 11 is 1.70. The van der Waals surface area contributed by atoms with Gasteiger partial charge in [0, 0.05) is 11.4 Å². The average Bonchev–Trinajstić information content (AvgIpc) is 3.17. The minimum Gasteiger partial charge on any atom is -0.466 e. The lowest BCUT2D eigenvalue weighted by Crippen LogP contribution is -2.39. The molecule has 0 saturated carbocycles. The maximum Gasteiger partial charge on any atom is 0.191 e. The van der Waals surface area contributed by atoms with E-state index in [4.69, 9.17) is 4.42 Å². The topological polar surface area (TPSA) is 69.8 Å². The molecule has 23 heavy (non-hydrogen) atoms. The van der Waals surface area contributed by atoms with Crippen LogP contribution < -0.4 is 10.6 Å². The fourth-order valence-electron chi connectivity index (χ4n) is 2.03. The Balaban J connectivity index is 0.00000264. The van der Waals surface area contributed by atoms with Gasteiger partial charge in [-0.25, -0.2) is 4.99 Å². The van der Waals surface area contributed by atoms with Crippen molar-refractivity contribution in [3.8, 4) is 0 Å². The van der Waals surface area contributed by atoms with Crippen molar-refractivity contribution < 1.29 is 9.52 Å². The number of hydrogen-bond donors (Lipinski definition) is 3. The highest BCUT2D eigenvalue weighted by Crippen LogP contribution is 2.21. The van der Waals surface area contributed by atoms with Gasteiger partial charge < -0.3 is 20.2 Å². The molecule has 0 aliphatic carbocycles. The van der Waals surface area contributed by atoms with E-state index in [0.29, 0.717) is 11.7 Å². The maximum absolute atomic E-state index is 10.5. The van der Waals surface area contributed by atoms with Crippen LogP contribution in [0.25, 0.3) is 0 Å². The summed E-state index contributed by atoms with van der Waals surface area (Å²) in [6.07, 6.45) is 1.55. The average molecular weight is 449 g/mol. The molecule has 0 aromatic carbocycles. The Morgan fingerprint density at radius 3 is 2.78 bits per heavy atom. The van der Waals surface area contributed by atoms with Crippen molar-refractivity contribution in [2.24, 2.45) is 4.99 Å². The first kappa shape index (κ1) is 20.0. The van der Waals surface area contributed by atoms with Gasteiger partial charge in [-0.05, 0) is 44.4 Å². The minimum absolute atomic E-state index is 0. The summed E-state index contributed by atoms with van der Waals surface area (Å²) < 4.78 is 5.27. The number of guanidine groups is 1. The van der Waals surface area contributed by atoms with Crippen molar-refractivity contribution >= 4 is 41.3 Å². The van der Waals surface area contributed by atoms with E-state index in [0.717, 1.165) is 6.54 Å². The van der Waals surface area contributed by atoms with Gasteiger partial charge in [0.1, 0.15) is 11.4 Å². The van der Waals surface area contributed by atoms with Crippen molar-refractivity contribution in [2.45, 2.75) is 32.4 Å². The summed E-state index contributed by atoms with van der Waals surface area (Å²) in [7, 11) is 0. The SMILES string of the molecule is CCNC(=NCC(C)(O)c1ccco1)NC(C)c1cccs1.I. The third kappa shape index (κ3) is 5.82. The van der Waals surface area contributed by atoms with Crippen LogP contribution in [0.5, 0.6) is 0 Å². The van der Waals surface area contributed by atoms with Gasteiger partial charge in [-0.1, -0.05) is 6.07 Å². The quantitative estimate of drug-likeness (QED) is 0.359. The van der Waals surface area contributed by atoms with Crippen LogP contribution in [0.2, 0.25) is 0 Å². The Hall–Kier alpha value is -1.06. The number of thiophene rings is 1. The number of aliphatic hydroxyl groups is 1. The Kier molecular flexibility index (Phi) is 8.07. The van der Waals surface area contributed by atoms with Crippen molar-refractivity contribution in [1.82, 2.24) is 10.6 Å². The van der Waals surface area contributed by atoms with E-state index >= 15 is 0 Å². The third-order valence-corrected chi connectivity index (χ3v) is 4.32. The molecule has 2 heterocycles. The number of halogens is 1. The van der Waals surface area contributed by atoms with Crippen molar-refractivity contribution in [3.63, 3.8) is 0 Å². The van der Waals surface area contributed by atoms with E-state index in [-0.39, 0.29) is 36.6 Å². The highest BCUT2D eigenvalue weighted by Gasteiger charge is 2.26. The highest BCUT2D eigenvalue weighted by molar-refractivity contribution is 14.0. The summed E-state index contributed by atoms with van der Waals surface area (Å²) in [4.78, 5) is 5.72. The number of hydrogen-bond acceptors (Lipinski definition) is 4. The summed E-state index contributed by atoms with van der Waals surface area (Å²) in [6.45, 7) is 6.77. The Morgan fingerprint density at radius 1 is 1.43 bits per heavy atom. The van der Waals surface area contributed by atoms with Crippen LogP contribution in [-0.2, 0) is 5.60 Å². The molecular weight excluding hydrogens is 425 g/mol. The lowest BCUT2D eigenvalue weighted by Gasteiger charge is -2.21. The van der Waals surface area contributed by atoms with Crippen molar-refractivity contribution in [2.75, 3.05) is 13.1 Å². The van der Waals surface area contributed by atoms with Gasteiger partial charge in [0.05, 0.1) is 18.8 Å². The van der Waals surface area contributed by atoms with E-state index in [1.807, 2.05) is 13.0 Å². The molecule has 0 bridgehead atoms. The van der Waals surface area contributed by atoms with Gasteiger partial charge in [-0.2, -0.15) is 0 Å². The van der Waals surface area contributed by atoms with E-state index in [2.05, 4.69) is 34.0 Å². The van der Waals surface area contributed by atoms with Gasteiger partial charge >= 0.3 is 0 Å². The molecule has 2 aromatic rings. The summed E-state index contributed by atoms with van der Waals surface area (Å²) in [5, 5.41) is 19.1. The lowest BCUT2D eigenvalue weighted by molar-refractivity contribution is 0.0437. The Bertz CT molecular complexity index is 583. The first-order valence-electron chi connectivity index (χ1n) is 7.37. The van der Waals surface area contributed by atoms with Crippen LogP contribution in [-0.4, -0.2) is 24.2 Å². The molecule has 0 radical (unpaired) electrons. The summed E-state index contributed by atoms with van der Waals surface area (Å²) in [5.41, 5.74) is -1.13. The number of nitrogens with zero attached hydrogens (tertiary/aromatic N) is 1. The molecule has 0 fully saturated rings. The molecule has 2 aromatic heterocycles. The molecule has 2 rings (SSSR count). The molecular formula is C16H24IN3O2S. The van der Waals surface area contributed by atoms with E-state index in [1.165, 1.54) is 4.88 Å². The second-order valence-electron chi connectivity index (χ2n) is 5.33. The zero-order chi connectivity index (χ0) is 16.0. The summed E-state index contributed by atoms with van der Waals surface area (Å²) in [6, 6.07) is 7.79. The second-order valence-corrected chi connectivity index (χ2v) is 6.31. The van der Waals surface area contributed by atoms with Crippen LogP contribution >= 0.6 is 35.3 Å². The van der Waals surface area contributed by atoms with Crippen LogP contribution in [0.15, 0.2) is 45.3 Å². The van der Waals surface area contributed by atoms with Gasteiger partial charge in [0.2, 0.25) is 0 Å². The number of aliphatic imine (C=N–C) groups is 1. The van der Waals surface area contributed by atoms with Crippen molar-refractivity contribution in [3.05, 3.63) is 46.5 Å². The van der Waals surface area contributed by atoms with Crippen LogP contribution in [0, 0.1) is 0 Å². The molecule has 2 atom stereocenters. The monoisotopic (exact) mass is 449 g/mol. The highest BCUT2D eigenvalue weighted by atomic mass is 127. The molecule has 128 valence electrons. The molecule has 0 aliphatic heterocycles. The molecule has 5 nitrogen and oxygen atoms in total. The van der Waals surface area contributed by atoms with Gasteiger partial charge in [-0.3, -0.25) is 0 Å². The van der Waals surface area contributed by atoms with Crippen LogP contribution in [0.3, 0.4) is 0 Å². The van der Waals surface area contributed by atoms with Crippen molar-refractivity contribution in [1.29, 1.82) is 0 Å². The Labute approximate surface area is 158 Å². The second kappa shape index (κ2) is 9.29. The maximum atomic E-state index is 10.5. The predicted octanol–water partition coefficient (Wildman–Crippen LogP) is 3.48. The van der Waals surface area contributed by atoms with Gasteiger partial charge in [-0.15, -0.1) is 35.3 Å². The Morgan fingerprint density at radius 2 is 2.22 bits per heavy atom. The van der Waals surface area contributed by atoms with Gasteiger partial charge in [0.25, 0.3) is 0 Å². The largest absolute Gasteiger partial charge is 0.466 e. The zero-order valence-corrected chi connectivity index (χ0v) is 16.7. The first-order chi connectivity index (χ1) is 10.5. The molecule has 0 amide bonds. The molecule has 0 spiro atoms. The third-order valence-electron chi connectivity index (χ3n) is 3.26. The summed E-state index contributed by atoms with van der Waals surface area (Å²) in [5.74, 6) is 1.19. The number of furan rings is 1. The molecule has 0 saturated heterocycles. The fraction of sp³-hybridized carbons (Fsp3) is 0.438. The molecule has 2 unspecified atom stereocenters. The predicted molar refractivity (Wildman–Crippen MR) is 106 cm³/mol. The van der Waals surface area contributed by atoms with E-state index in [1.54, 1.807) is 36.7 Å². The standard InChI is InChI=1S/C16H23N3O2S.HI/c1-4-17-15(19-12(2)13-7-6-10-22-13)18-11-16(3,20)14-8-5-9-21-14;/h5-10,12,20H,4,11H2,1-3H3,(H2,17,18,19);1H. The fourth-order valence-corrected chi connectivity index (χ4v) is 2.76. The minimum atomic E-state index is -1.13. The number of nitrogens with one attached hydrogen (secondary N) is 2. The van der Waals surface area contributed by atoms with E-state index < -0.39 is 5.60 Å². The van der Waals surface area contributed by atoms with Gasteiger partial charge in [0.15, 0.2) is 5.96 Å². The molecule has 3 N–H and O–H groups in total. The molecule has 0 aliphatic rings. The lowest BCUT2D eigenvalue weighted by atomic mass is 10.0.